The van der Waals surface area contributed by atoms with Crippen molar-refractivity contribution in [3.05, 3.63) is 62.8 Å². The molecule has 7 heteroatoms. The third-order valence-corrected chi connectivity index (χ3v) is 6.17. The van der Waals surface area contributed by atoms with Gasteiger partial charge in [-0.2, -0.15) is 4.31 Å². The molecule has 0 atom stereocenters. The molecule has 0 unspecified atom stereocenters. The van der Waals surface area contributed by atoms with E-state index in [9.17, 15) is 12.8 Å². The van der Waals surface area contributed by atoms with E-state index < -0.39 is 15.8 Å². The molecule has 2 aromatic rings. The first-order valence-electron chi connectivity index (χ1n) is 5.97. The van der Waals surface area contributed by atoms with Crippen LogP contribution in [0.4, 0.5) is 4.39 Å². The summed E-state index contributed by atoms with van der Waals surface area (Å²) in [4.78, 5) is -0.0715. The van der Waals surface area contributed by atoms with E-state index in [0.29, 0.717) is 0 Å². The van der Waals surface area contributed by atoms with Gasteiger partial charge in [0.15, 0.2) is 0 Å². The van der Waals surface area contributed by atoms with Crippen LogP contribution in [0.15, 0.2) is 56.3 Å². The average molecular weight is 437 g/mol. The van der Waals surface area contributed by atoms with Crippen LogP contribution in [-0.4, -0.2) is 19.8 Å². The summed E-state index contributed by atoms with van der Waals surface area (Å²) < 4.78 is 40.7. The van der Waals surface area contributed by atoms with Crippen LogP contribution in [0, 0.1) is 5.82 Å². The number of hydrogen-bond acceptors (Lipinski definition) is 2. The van der Waals surface area contributed by atoms with Crippen molar-refractivity contribution < 1.29 is 12.8 Å². The van der Waals surface area contributed by atoms with Crippen molar-refractivity contribution in [1.29, 1.82) is 0 Å². The highest BCUT2D eigenvalue weighted by Gasteiger charge is 2.22. The fourth-order valence-electron chi connectivity index (χ4n) is 1.77. The number of sulfonamides is 1. The van der Waals surface area contributed by atoms with Gasteiger partial charge >= 0.3 is 0 Å². The Kier molecular flexibility index (Phi) is 5.19. The molecule has 0 saturated carbocycles. The second-order valence-corrected chi connectivity index (χ2v) is 8.18. The molecule has 0 spiro atoms. The fraction of sp³-hybridized carbons (Fsp3) is 0.143. The quantitative estimate of drug-likeness (QED) is 0.721. The first-order chi connectivity index (χ1) is 9.82. The summed E-state index contributed by atoms with van der Waals surface area (Å²) in [6.07, 6.45) is 0. The Morgan fingerprint density at radius 1 is 1.10 bits per heavy atom. The predicted molar refractivity (Wildman–Crippen MR) is 86.9 cm³/mol. The Bertz CT molecular complexity index is 765. The summed E-state index contributed by atoms with van der Waals surface area (Å²) in [5.41, 5.74) is 0.834. The van der Waals surface area contributed by atoms with Gasteiger partial charge in [0.25, 0.3) is 0 Å². The van der Waals surface area contributed by atoms with Crippen LogP contribution in [0.1, 0.15) is 5.56 Å². The standard InChI is InChI=1S/C14H12Br2FNO2S/c1-18(9-10-4-2-3-5-12(10)15)21(19,20)11-6-7-13(16)14(17)8-11/h2-8H,9H2,1H3. The third kappa shape index (κ3) is 3.71. The second kappa shape index (κ2) is 6.56. The molecule has 0 saturated heterocycles. The summed E-state index contributed by atoms with van der Waals surface area (Å²) in [6, 6.07) is 11.1. The smallest absolute Gasteiger partial charge is 0.207 e. The molecule has 0 radical (unpaired) electrons. The van der Waals surface area contributed by atoms with E-state index in [0.717, 1.165) is 16.1 Å². The zero-order chi connectivity index (χ0) is 15.6. The number of nitrogens with zero attached hydrogens (tertiary/aromatic N) is 1. The van der Waals surface area contributed by atoms with Crippen LogP contribution in [-0.2, 0) is 16.6 Å². The molecule has 0 N–H and O–H groups in total. The van der Waals surface area contributed by atoms with Gasteiger partial charge in [0.1, 0.15) is 5.82 Å². The number of rotatable bonds is 4. The molecule has 112 valence electrons. The maximum absolute atomic E-state index is 13.5. The van der Waals surface area contributed by atoms with E-state index in [-0.39, 0.29) is 15.9 Å². The van der Waals surface area contributed by atoms with Crippen molar-refractivity contribution in [2.24, 2.45) is 0 Å². The average Bonchev–Trinajstić information content (AvgIpc) is 2.44. The van der Waals surface area contributed by atoms with Crippen LogP contribution in [0.25, 0.3) is 0 Å². The van der Waals surface area contributed by atoms with Crippen molar-refractivity contribution in [1.82, 2.24) is 4.31 Å². The van der Waals surface area contributed by atoms with Gasteiger partial charge in [-0.3, -0.25) is 0 Å². The van der Waals surface area contributed by atoms with Crippen molar-refractivity contribution in [2.45, 2.75) is 11.4 Å². The highest BCUT2D eigenvalue weighted by molar-refractivity contribution is 9.10. The van der Waals surface area contributed by atoms with Gasteiger partial charge in [0.05, 0.1) is 9.37 Å². The van der Waals surface area contributed by atoms with Crippen molar-refractivity contribution in [3.8, 4) is 0 Å². The molecule has 0 amide bonds. The molecule has 0 aromatic heterocycles. The minimum Gasteiger partial charge on any atom is -0.207 e. The maximum atomic E-state index is 13.5. The highest BCUT2D eigenvalue weighted by Crippen LogP contribution is 2.24. The van der Waals surface area contributed by atoms with E-state index in [1.165, 1.54) is 23.5 Å². The lowest BCUT2D eigenvalue weighted by atomic mass is 10.2. The van der Waals surface area contributed by atoms with Crippen LogP contribution >= 0.6 is 31.9 Å². The second-order valence-electron chi connectivity index (χ2n) is 4.43. The van der Waals surface area contributed by atoms with Crippen LogP contribution in [0.5, 0.6) is 0 Å². The Morgan fingerprint density at radius 3 is 2.38 bits per heavy atom. The SMILES string of the molecule is CN(Cc1ccccc1Br)S(=O)(=O)c1ccc(Br)c(F)c1. The van der Waals surface area contributed by atoms with Crippen molar-refractivity contribution in [3.63, 3.8) is 0 Å². The fourth-order valence-corrected chi connectivity index (χ4v) is 3.59. The largest absolute Gasteiger partial charge is 0.243 e. The first kappa shape index (κ1) is 16.6. The first-order valence-corrected chi connectivity index (χ1v) is 9.00. The summed E-state index contributed by atoms with van der Waals surface area (Å²) in [6.45, 7) is 0.196. The van der Waals surface area contributed by atoms with Crippen molar-refractivity contribution >= 4 is 41.9 Å². The topological polar surface area (TPSA) is 37.4 Å². The van der Waals surface area contributed by atoms with E-state index in [1.807, 2.05) is 24.3 Å². The lowest BCUT2D eigenvalue weighted by Gasteiger charge is -2.18. The molecule has 21 heavy (non-hydrogen) atoms. The predicted octanol–water partition coefficient (Wildman–Crippen LogP) is 4.17. The van der Waals surface area contributed by atoms with Gasteiger partial charge in [-0.25, -0.2) is 12.8 Å². The van der Waals surface area contributed by atoms with Gasteiger partial charge in [-0.1, -0.05) is 34.1 Å². The Labute approximate surface area is 140 Å². The molecule has 2 rings (SSSR count). The van der Waals surface area contributed by atoms with Crippen LogP contribution in [0.2, 0.25) is 0 Å². The highest BCUT2D eigenvalue weighted by atomic mass is 79.9. The Hall–Kier alpha value is -0.760. The summed E-state index contributed by atoms with van der Waals surface area (Å²) >= 11 is 6.39. The molecular weight excluding hydrogens is 425 g/mol. The van der Waals surface area contributed by atoms with E-state index in [4.69, 9.17) is 0 Å². The maximum Gasteiger partial charge on any atom is 0.243 e. The number of benzene rings is 2. The molecule has 0 aliphatic rings. The van der Waals surface area contributed by atoms with Crippen LogP contribution < -0.4 is 0 Å². The monoisotopic (exact) mass is 435 g/mol. The summed E-state index contributed by atoms with van der Waals surface area (Å²) in [5.74, 6) is -0.606. The van der Waals surface area contributed by atoms with Gasteiger partial charge in [0, 0.05) is 18.1 Å². The van der Waals surface area contributed by atoms with Gasteiger partial charge in [-0.05, 0) is 45.8 Å². The zero-order valence-electron chi connectivity index (χ0n) is 11.1. The van der Waals surface area contributed by atoms with E-state index in [2.05, 4.69) is 31.9 Å². The molecular formula is C14H12Br2FNO2S. The molecule has 0 fully saturated rings. The molecule has 0 aliphatic heterocycles. The summed E-state index contributed by atoms with van der Waals surface area (Å²) in [5, 5.41) is 0. The minimum atomic E-state index is -3.74. The lowest BCUT2D eigenvalue weighted by Crippen LogP contribution is -2.26. The van der Waals surface area contributed by atoms with Crippen molar-refractivity contribution in [2.75, 3.05) is 7.05 Å². The third-order valence-electron chi connectivity index (χ3n) is 2.95. The van der Waals surface area contributed by atoms with E-state index >= 15 is 0 Å². The molecule has 0 heterocycles. The van der Waals surface area contributed by atoms with E-state index in [1.54, 1.807) is 0 Å². The zero-order valence-corrected chi connectivity index (χ0v) is 15.0. The molecule has 2 aromatic carbocycles. The molecule has 0 aliphatic carbocycles. The number of halogens is 3. The normalized spacial score (nSPS) is 11.9. The summed E-state index contributed by atoms with van der Waals surface area (Å²) in [7, 11) is -2.27. The van der Waals surface area contributed by atoms with Gasteiger partial charge in [-0.15, -0.1) is 0 Å². The molecule has 3 nitrogen and oxygen atoms in total. The Morgan fingerprint density at radius 2 is 1.76 bits per heavy atom. The number of hydrogen-bond donors (Lipinski definition) is 0. The minimum absolute atomic E-state index is 0.0715. The molecule has 0 bridgehead atoms. The van der Waals surface area contributed by atoms with Gasteiger partial charge in [0.2, 0.25) is 10.0 Å². The lowest BCUT2D eigenvalue weighted by molar-refractivity contribution is 0.465. The Balaban J connectivity index is 2.30. The van der Waals surface area contributed by atoms with Crippen LogP contribution in [0.3, 0.4) is 0 Å². The van der Waals surface area contributed by atoms with Gasteiger partial charge < -0.3 is 0 Å².